The number of thiazole rings is 1. The Morgan fingerprint density at radius 1 is 1.43 bits per heavy atom. The Kier molecular flexibility index (Phi) is 4.84. The second kappa shape index (κ2) is 6.83. The lowest BCUT2D eigenvalue weighted by molar-refractivity contribution is 0.0383. The van der Waals surface area contributed by atoms with Gasteiger partial charge in [-0.25, -0.2) is 4.98 Å². The summed E-state index contributed by atoms with van der Waals surface area (Å²) < 4.78 is 7.15. The maximum Gasteiger partial charge on any atom is 0.251 e. The molecule has 5 nitrogen and oxygen atoms in total. The molecule has 1 aromatic carbocycles. The molecule has 0 unspecified atom stereocenters. The second-order valence-electron chi connectivity index (χ2n) is 4.86. The first-order valence-corrected chi connectivity index (χ1v) is 8.48. The standard InChI is InChI=1S/C14H16BrN3O2S/c15-14-17-11-2-1-10(9-12(11)21-14)13(19)16-3-4-18-5-7-20-8-6-18/h1-2,9H,3-8H2,(H,16,19). The average Bonchev–Trinajstić information content (AvgIpc) is 2.87. The number of aromatic nitrogens is 1. The molecule has 0 aliphatic carbocycles. The van der Waals surface area contributed by atoms with Gasteiger partial charge in [0.05, 0.1) is 23.4 Å². The minimum absolute atomic E-state index is 0.0327. The SMILES string of the molecule is O=C(NCCN1CCOCC1)c1ccc2nc(Br)sc2c1. The van der Waals surface area contributed by atoms with E-state index >= 15 is 0 Å². The summed E-state index contributed by atoms with van der Waals surface area (Å²) in [6.45, 7) is 4.97. The molecular weight excluding hydrogens is 354 g/mol. The number of morpholine rings is 1. The fourth-order valence-corrected chi connectivity index (χ4v) is 3.74. The largest absolute Gasteiger partial charge is 0.379 e. The third-order valence-corrected chi connectivity index (χ3v) is 4.91. The van der Waals surface area contributed by atoms with Crippen molar-refractivity contribution in [2.75, 3.05) is 39.4 Å². The number of amides is 1. The van der Waals surface area contributed by atoms with Crippen molar-refractivity contribution >= 4 is 43.4 Å². The number of hydrogen-bond donors (Lipinski definition) is 1. The van der Waals surface area contributed by atoms with Gasteiger partial charge in [0.2, 0.25) is 0 Å². The summed E-state index contributed by atoms with van der Waals surface area (Å²) in [6.07, 6.45) is 0. The second-order valence-corrected chi connectivity index (χ2v) is 7.17. The van der Waals surface area contributed by atoms with Gasteiger partial charge in [-0.1, -0.05) is 0 Å². The van der Waals surface area contributed by atoms with Crippen molar-refractivity contribution in [2.45, 2.75) is 0 Å². The summed E-state index contributed by atoms with van der Waals surface area (Å²) in [5.41, 5.74) is 1.59. The van der Waals surface area contributed by atoms with Crippen LogP contribution in [0.15, 0.2) is 22.1 Å². The van der Waals surface area contributed by atoms with Crippen LogP contribution < -0.4 is 5.32 Å². The van der Waals surface area contributed by atoms with Crippen molar-refractivity contribution in [3.05, 3.63) is 27.7 Å². The van der Waals surface area contributed by atoms with Gasteiger partial charge in [0.25, 0.3) is 5.91 Å². The van der Waals surface area contributed by atoms with Crippen LogP contribution in [0.3, 0.4) is 0 Å². The van der Waals surface area contributed by atoms with Gasteiger partial charge >= 0.3 is 0 Å². The number of ether oxygens (including phenoxy) is 1. The molecule has 1 aliphatic heterocycles. The summed E-state index contributed by atoms with van der Waals surface area (Å²) in [4.78, 5) is 18.8. The van der Waals surface area contributed by atoms with E-state index in [1.54, 1.807) is 0 Å². The van der Waals surface area contributed by atoms with E-state index in [1.807, 2.05) is 18.2 Å². The predicted octanol–water partition coefficient (Wildman–Crippen LogP) is 2.12. The van der Waals surface area contributed by atoms with Gasteiger partial charge in [-0.3, -0.25) is 9.69 Å². The lowest BCUT2D eigenvalue weighted by Crippen LogP contribution is -2.41. The molecule has 112 valence electrons. The van der Waals surface area contributed by atoms with Crippen LogP contribution in [0, 0.1) is 0 Å². The van der Waals surface area contributed by atoms with Crippen LogP contribution in [0.2, 0.25) is 0 Å². The molecule has 1 saturated heterocycles. The normalized spacial score (nSPS) is 16.2. The first-order chi connectivity index (χ1) is 10.2. The van der Waals surface area contributed by atoms with Crippen LogP contribution in [-0.4, -0.2) is 55.2 Å². The molecule has 1 N–H and O–H groups in total. The Morgan fingerprint density at radius 2 is 2.24 bits per heavy atom. The zero-order valence-corrected chi connectivity index (χ0v) is 13.9. The number of benzene rings is 1. The highest BCUT2D eigenvalue weighted by atomic mass is 79.9. The van der Waals surface area contributed by atoms with E-state index in [4.69, 9.17) is 4.74 Å². The minimum atomic E-state index is -0.0327. The molecule has 1 aliphatic rings. The number of carbonyl (C=O) groups is 1. The average molecular weight is 370 g/mol. The summed E-state index contributed by atoms with van der Waals surface area (Å²) in [7, 11) is 0. The summed E-state index contributed by atoms with van der Waals surface area (Å²) in [5, 5.41) is 2.97. The number of halogens is 1. The lowest BCUT2D eigenvalue weighted by atomic mass is 10.2. The zero-order valence-electron chi connectivity index (χ0n) is 11.5. The molecule has 0 radical (unpaired) electrons. The maximum absolute atomic E-state index is 12.2. The zero-order chi connectivity index (χ0) is 14.7. The van der Waals surface area contributed by atoms with Gasteiger partial charge in [0, 0.05) is 31.7 Å². The van der Waals surface area contributed by atoms with Crippen molar-refractivity contribution in [1.29, 1.82) is 0 Å². The number of rotatable bonds is 4. The minimum Gasteiger partial charge on any atom is -0.379 e. The van der Waals surface area contributed by atoms with E-state index in [9.17, 15) is 4.79 Å². The van der Waals surface area contributed by atoms with E-state index in [0.717, 1.165) is 47.0 Å². The molecule has 1 amide bonds. The van der Waals surface area contributed by atoms with Crippen LogP contribution in [0.1, 0.15) is 10.4 Å². The van der Waals surface area contributed by atoms with Gasteiger partial charge in [0.15, 0.2) is 3.92 Å². The number of fused-ring (bicyclic) bond motifs is 1. The van der Waals surface area contributed by atoms with Crippen LogP contribution >= 0.6 is 27.3 Å². The molecule has 3 rings (SSSR count). The summed E-state index contributed by atoms with van der Waals surface area (Å²) in [6, 6.07) is 5.59. The molecule has 1 fully saturated rings. The van der Waals surface area contributed by atoms with Crippen LogP contribution in [0.4, 0.5) is 0 Å². The fourth-order valence-electron chi connectivity index (χ4n) is 2.29. The highest BCUT2D eigenvalue weighted by Crippen LogP contribution is 2.26. The number of carbonyl (C=O) groups excluding carboxylic acids is 1. The van der Waals surface area contributed by atoms with Gasteiger partial charge in [0.1, 0.15) is 0 Å². The van der Waals surface area contributed by atoms with Gasteiger partial charge in [-0.05, 0) is 34.1 Å². The maximum atomic E-state index is 12.2. The third-order valence-electron chi connectivity index (χ3n) is 3.44. The first-order valence-electron chi connectivity index (χ1n) is 6.87. The molecule has 2 aromatic rings. The first kappa shape index (κ1) is 14.9. The van der Waals surface area contributed by atoms with Gasteiger partial charge < -0.3 is 10.1 Å². The fraction of sp³-hybridized carbons (Fsp3) is 0.429. The van der Waals surface area contributed by atoms with E-state index in [1.165, 1.54) is 11.3 Å². The highest BCUT2D eigenvalue weighted by Gasteiger charge is 2.11. The number of nitrogens with one attached hydrogen (secondary N) is 1. The number of nitrogens with zero attached hydrogens (tertiary/aromatic N) is 2. The lowest BCUT2D eigenvalue weighted by Gasteiger charge is -2.26. The Bertz CT molecular complexity index is 640. The molecule has 21 heavy (non-hydrogen) atoms. The number of hydrogen-bond acceptors (Lipinski definition) is 5. The van der Waals surface area contributed by atoms with E-state index < -0.39 is 0 Å². The van der Waals surface area contributed by atoms with Crippen LogP contribution in [0.5, 0.6) is 0 Å². The van der Waals surface area contributed by atoms with Crippen molar-refractivity contribution < 1.29 is 9.53 Å². The predicted molar refractivity (Wildman–Crippen MR) is 86.9 cm³/mol. The molecule has 2 heterocycles. The Hall–Kier alpha value is -1.02. The monoisotopic (exact) mass is 369 g/mol. The molecular formula is C14H16BrN3O2S. The third kappa shape index (κ3) is 3.79. The quantitative estimate of drug-likeness (QED) is 0.896. The van der Waals surface area contributed by atoms with Crippen LogP contribution in [-0.2, 0) is 4.74 Å². The smallest absolute Gasteiger partial charge is 0.251 e. The van der Waals surface area contributed by atoms with E-state index in [0.29, 0.717) is 12.1 Å². The Labute approximate surface area is 135 Å². The van der Waals surface area contributed by atoms with Gasteiger partial charge in [-0.2, -0.15) is 0 Å². The van der Waals surface area contributed by atoms with Crippen molar-refractivity contribution in [2.24, 2.45) is 0 Å². The van der Waals surface area contributed by atoms with Crippen molar-refractivity contribution in [1.82, 2.24) is 15.2 Å². The molecule has 0 atom stereocenters. The molecule has 0 spiro atoms. The van der Waals surface area contributed by atoms with Crippen LogP contribution in [0.25, 0.3) is 10.2 Å². The Morgan fingerprint density at radius 3 is 3.05 bits per heavy atom. The van der Waals surface area contributed by atoms with E-state index in [2.05, 4.69) is 31.1 Å². The highest BCUT2D eigenvalue weighted by molar-refractivity contribution is 9.11. The molecule has 1 aromatic heterocycles. The van der Waals surface area contributed by atoms with E-state index in [-0.39, 0.29) is 5.91 Å². The summed E-state index contributed by atoms with van der Waals surface area (Å²) in [5.74, 6) is -0.0327. The topological polar surface area (TPSA) is 54.5 Å². The summed E-state index contributed by atoms with van der Waals surface area (Å²) >= 11 is 4.90. The molecule has 0 saturated carbocycles. The van der Waals surface area contributed by atoms with Crippen molar-refractivity contribution in [3.8, 4) is 0 Å². The van der Waals surface area contributed by atoms with Gasteiger partial charge in [-0.15, -0.1) is 11.3 Å². The van der Waals surface area contributed by atoms with Crippen molar-refractivity contribution in [3.63, 3.8) is 0 Å². The Balaban J connectivity index is 1.55. The molecule has 7 heteroatoms. The molecule has 0 bridgehead atoms.